The quantitative estimate of drug-likeness (QED) is 0.157. The smallest absolute Gasteiger partial charge is 0.136 e. The molecule has 1 nitrogen and oxygen atoms in total. The maximum absolute atomic E-state index is 6.39. The third kappa shape index (κ3) is 6.13. The fourth-order valence-corrected chi connectivity index (χ4v) is 12.0. The first-order valence-electron chi connectivity index (χ1n) is 24.6. The Balaban J connectivity index is 0.816. The van der Waals surface area contributed by atoms with Gasteiger partial charge in [0, 0.05) is 10.8 Å². The molecule has 0 N–H and O–H groups in total. The van der Waals surface area contributed by atoms with Crippen LogP contribution in [0.4, 0.5) is 0 Å². The summed E-state index contributed by atoms with van der Waals surface area (Å²) in [6, 6.07) is 93.9. The second-order valence-electron chi connectivity index (χ2n) is 19.0. The summed E-state index contributed by atoms with van der Waals surface area (Å²) in [7, 11) is 0. The summed E-state index contributed by atoms with van der Waals surface area (Å²) in [5.41, 5.74) is 14.2. The van der Waals surface area contributed by atoms with E-state index in [4.69, 9.17) is 4.42 Å². The molecule has 14 aromatic carbocycles. The molecule has 0 bridgehead atoms. The van der Waals surface area contributed by atoms with Crippen molar-refractivity contribution < 1.29 is 4.42 Å². The molecule has 0 saturated carbocycles. The van der Waals surface area contributed by atoms with Crippen LogP contribution in [0, 0.1) is 0 Å². The molecule has 15 rings (SSSR count). The van der Waals surface area contributed by atoms with E-state index < -0.39 is 0 Å². The lowest BCUT2D eigenvalue weighted by Crippen LogP contribution is -1.92. The summed E-state index contributed by atoms with van der Waals surface area (Å²) < 4.78 is 6.39. The number of hydrogen-bond acceptors (Lipinski definition) is 1. The molecule has 1 heteroatoms. The first-order chi connectivity index (χ1) is 35.2. The second kappa shape index (κ2) is 15.6. The van der Waals surface area contributed by atoms with Gasteiger partial charge in [-0.25, -0.2) is 0 Å². The summed E-state index contributed by atoms with van der Waals surface area (Å²) in [6.07, 6.45) is 0. The number of para-hydroxylation sites is 1. The predicted molar refractivity (Wildman–Crippen MR) is 303 cm³/mol. The van der Waals surface area contributed by atoms with E-state index in [1.165, 1.54) is 131 Å². The van der Waals surface area contributed by atoms with Crippen molar-refractivity contribution >= 4 is 97.3 Å². The van der Waals surface area contributed by atoms with Gasteiger partial charge in [-0.2, -0.15) is 0 Å². The van der Waals surface area contributed by atoms with Crippen LogP contribution in [-0.2, 0) is 0 Å². The predicted octanol–water partition coefficient (Wildman–Crippen LogP) is 20.0. The Bertz CT molecular complexity index is 4580. The molecule has 0 spiro atoms. The minimum atomic E-state index is 0.908. The van der Waals surface area contributed by atoms with Gasteiger partial charge in [0.25, 0.3) is 0 Å². The van der Waals surface area contributed by atoms with Gasteiger partial charge in [0.1, 0.15) is 11.2 Å². The number of furan rings is 1. The first kappa shape index (κ1) is 39.7. The van der Waals surface area contributed by atoms with Crippen LogP contribution in [0.2, 0.25) is 0 Å². The first-order valence-corrected chi connectivity index (χ1v) is 24.6. The molecule has 0 aliphatic carbocycles. The molecule has 1 aromatic heterocycles. The van der Waals surface area contributed by atoms with E-state index >= 15 is 0 Å². The lowest BCUT2D eigenvalue weighted by Gasteiger charge is -2.19. The maximum Gasteiger partial charge on any atom is 0.136 e. The van der Waals surface area contributed by atoms with E-state index in [9.17, 15) is 0 Å². The minimum absolute atomic E-state index is 0.908. The van der Waals surface area contributed by atoms with Crippen LogP contribution in [0.25, 0.3) is 153 Å². The van der Waals surface area contributed by atoms with Gasteiger partial charge in [0.2, 0.25) is 0 Å². The Labute approximate surface area is 410 Å². The fraction of sp³-hybridized carbons (Fsp3) is 0. The van der Waals surface area contributed by atoms with Crippen LogP contribution >= 0.6 is 0 Å². The van der Waals surface area contributed by atoms with Crippen molar-refractivity contribution in [3.05, 3.63) is 255 Å². The number of benzene rings is 14. The molecule has 0 saturated heterocycles. The van der Waals surface area contributed by atoms with Gasteiger partial charge in [-0.3, -0.25) is 0 Å². The Kier molecular flexibility index (Phi) is 8.73. The summed E-state index contributed by atoms with van der Waals surface area (Å²) >= 11 is 0. The highest BCUT2D eigenvalue weighted by molar-refractivity contribution is 6.27. The average molecular weight is 899 g/mol. The lowest BCUT2D eigenvalue weighted by molar-refractivity contribution is 0.669. The maximum atomic E-state index is 6.39. The molecule has 15 aromatic rings. The van der Waals surface area contributed by atoms with Crippen molar-refractivity contribution in [1.29, 1.82) is 0 Å². The number of rotatable bonds is 5. The summed E-state index contributed by atoms with van der Waals surface area (Å²) in [5.74, 6) is 0. The van der Waals surface area contributed by atoms with E-state index in [1.807, 2.05) is 6.07 Å². The van der Waals surface area contributed by atoms with Crippen LogP contribution in [0.1, 0.15) is 0 Å². The highest BCUT2D eigenvalue weighted by Gasteiger charge is 2.22. The van der Waals surface area contributed by atoms with Gasteiger partial charge in [-0.15, -0.1) is 0 Å². The van der Waals surface area contributed by atoms with Crippen LogP contribution in [-0.4, -0.2) is 0 Å². The molecular weight excluding hydrogens is 857 g/mol. The van der Waals surface area contributed by atoms with Gasteiger partial charge in [0.15, 0.2) is 0 Å². The standard InChI is InChI=1S/C70H42O/c1-2-17-52-43(15-1)16-13-27-53(52)68-58-22-7-3-18-54(58)66(55-19-4-8-23-59(55)68)50-37-35-46-39-44(31-33-48(46)41-50)45-32-34-49-42-51(38-36-47(49)40-45)67-56-20-5-9-24-60(56)69(61-25-10-6-21-57(61)67)63-28-14-30-65-70(63)62-26-11-12-29-64(62)71-65/h1-42H. The molecule has 0 aliphatic rings. The van der Waals surface area contributed by atoms with Crippen molar-refractivity contribution in [2.75, 3.05) is 0 Å². The zero-order valence-corrected chi connectivity index (χ0v) is 38.7. The van der Waals surface area contributed by atoms with Gasteiger partial charge in [-0.1, -0.05) is 218 Å². The molecule has 0 unspecified atom stereocenters. The normalized spacial score (nSPS) is 11.9. The Morgan fingerprint density at radius 1 is 0.197 bits per heavy atom. The molecule has 71 heavy (non-hydrogen) atoms. The molecule has 1 heterocycles. The highest BCUT2D eigenvalue weighted by Crippen LogP contribution is 2.49. The Morgan fingerprint density at radius 3 is 1.04 bits per heavy atom. The van der Waals surface area contributed by atoms with Crippen molar-refractivity contribution in [2.45, 2.75) is 0 Å². The van der Waals surface area contributed by atoms with Crippen molar-refractivity contribution in [3.63, 3.8) is 0 Å². The van der Waals surface area contributed by atoms with E-state index in [0.29, 0.717) is 0 Å². The topological polar surface area (TPSA) is 13.1 Å². The number of hydrogen-bond donors (Lipinski definition) is 0. The SMILES string of the molecule is c1ccc2c(-c3c4ccccc4c(-c4ccc5cc(-c6ccc7cc(-c8c9ccccc9c(-c9cccc%10oc%11ccccc%11c9%10)c9ccccc89)ccc7c6)ccc5c4)c4ccccc34)cccc2c1. The molecule has 0 fully saturated rings. The van der Waals surface area contributed by atoms with Crippen molar-refractivity contribution in [1.82, 2.24) is 0 Å². The van der Waals surface area contributed by atoms with E-state index in [-0.39, 0.29) is 0 Å². The largest absolute Gasteiger partial charge is 0.456 e. The minimum Gasteiger partial charge on any atom is -0.456 e. The number of fused-ring (bicyclic) bond motifs is 10. The molecule has 0 atom stereocenters. The Hall–Kier alpha value is -9.30. The van der Waals surface area contributed by atoms with Crippen LogP contribution in [0.15, 0.2) is 259 Å². The van der Waals surface area contributed by atoms with Gasteiger partial charge < -0.3 is 4.42 Å². The molecule has 0 amide bonds. The van der Waals surface area contributed by atoms with Crippen LogP contribution in [0.5, 0.6) is 0 Å². The third-order valence-electron chi connectivity index (χ3n) is 15.2. The molecule has 0 radical (unpaired) electrons. The van der Waals surface area contributed by atoms with Gasteiger partial charge >= 0.3 is 0 Å². The average Bonchev–Trinajstić information content (AvgIpc) is 3.82. The van der Waals surface area contributed by atoms with Crippen molar-refractivity contribution in [3.8, 4) is 55.6 Å². The van der Waals surface area contributed by atoms with E-state index in [1.54, 1.807) is 0 Å². The summed E-state index contributed by atoms with van der Waals surface area (Å²) in [6.45, 7) is 0. The molecule has 0 aliphatic heterocycles. The zero-order valence-electron chi connectivity index (χ0n) is 38.7. The van der Waals surface area contributed by atoms with E-state index in [0.717, 1.165) is 21.9 Å². The highest BCUT2D eigenvalue weighted by atomic mass is 16.3. The van der Waals surface area contributed by atoms with Gasteiger partial charge in [0.05, 0.1) is 0 Å². The van der Waals surface area contributed by atoms with Crippen LogP contribution in [0.3, 0.4) is 0 Å². The molecule has 328 valence electrons. The lowest BCUT2D eigenvalue weighted by atomic mass is 9.84. The Morgan fingerprint density at radius 2 is 0.535 bits per heavy atom. The third-order valence-corrected chi connectivity index (χ3v) is 15.2. The van der Waals surface area contributed by atoms with Crippen LogP contribution < -0.4 is 0 Å². The van der Waals surface area contributed by atoms with Crippen molar-refractivity contribution in [2.24, 2.45) is 0 Å². The second-order valence-corrected chi connectivity index (χ2v) is 19.0. The van der Waals surface area contributed by atoms with Gasteiger partial charge in [-0.05, 0) is 167 Å². The fourth-order valence-electron chi connectivity index (χ4n) is 12.0. The van der Waals surface area contributed by atoms with E-state index in [2.05, 4.69) is 249 Å². The zero-order chi connectivity index (χ0) is 46.6. The molecular formula is C70H42O. The summed E-state index contributed by atoms with van der Waals surface area (Å²) in [5, 5.41) is 19.7. The monoisotopic (exact) mass is 898 g/mol. The summed E-state index contributed by atoms with van der Waals surface area (Å²) in [4.78, 5) is 0.